The first kappa shape index (κ1) is 33.1. The first-order valence-electron chi connectivity index (χ1n) is 13.9. The van der Waals surface area contributed by atoms with Gasteiger partial charge in [-0.1, -0.05) is 103 Å². The Morgan fingerprint density at radius 2 is 1.06 bits per heavy atom. The first-order valence-corrected chi connectivity index (χ1v) is 15.7. The molecule has 7 nitrogen and oxygen atoms in total. The van der Waals surface area contributed by atoms with E-state index in [1.165, 1.54) is 89.9 Å². The van der Waals surface area contributed by atoms with Crippen LogP contribution in [0.15, 0.2) is 0 Å². The van der Waals surface area contributed by atoms with Gasteiger partial charge in [-0.15, -0.1) is 0 Å². The van der Waals surface area contributed by atoms with E-state index >= 15 is 0 Å². The monoisotopic (exact) mass is 504 g/mol. The van der Waals surface area contributed by atoms with Gasteiger partial charge in [-0.3, -0.25) is 14.7 Å². The summed E-state index contributed by atoms with van der Waals surface area (Å²) in [5.41, 5.74) is 0. The van der Waals surface area contributed by atoms with Crippen LogP contribution in [0.2, 0.25) is 0 Å². The van der Waals surface area contributed by atoms with Crippen molar-refractivity contribution in [2.24, 2.45) is 0 Å². The normalized spacial score (nSPS) is 11.5. The molecule has 0 atom stereocenters. The lowest BCUT2D eigenvalue weighted by Crippen LogP contribution is -2.40. The van der Waals surface area contributed by atoms with E-state index in [0.717, 1.165) is 12.8 Å². The van der Waals surface area contributed by atoms with Gasteiger partial charge >= 0.3 is 13.6 Å². The Morgan fingerprint density at radius 1 is 0.647 bits per heavy atom. The van der Waals surface area contributed by atoms with Crippen molar-refractivity contribution in [2.45, 2.75) is 130 Å². The topological polar surface area (TPSA) is 93.7 Å². The molecule has 0 aromatic rings. The molecular weight excluding hydrogens is 451 g/mol. The molecule has 0 unspecified atom stereocenters. The maximum absolute atomic E-state index is 12.3. The molecule has 0 rings (SSSR count). The van der Waals surface area contributed by atoms with Crippen LogP contribution in [0.3, 0.4) is 0 Å². The molecule has 0 aliphatic rings. The number of rotatable bonds is 24. The van der Waals surface area contributed by atoms with Gasteiger partial charge in [0.2, 0.25) is 5.91 Å². The second-order valence-electron chi connectivity index (χ2n) is 9.03. The Bertz CT molecular complexity index is 535. The number of nitrogens with one attached hydrogen (secondary N) is 2. The van der Waals surface area contributed by atoms with Crippen LogP contribution in [0.4, 0.5) is 4.79 Å². The van der Waals surface area contributed by atoms with E-state index in [-0.39, 0.29) is 25.8 Å². The molecule has 0 spiro atoms. The lowest BCUT2D eigenvalue weighted by atomic mass is 10.0. The van der Waals surface area contributed by atoms with Crippen LogP contribution in [0.5, 0.6) is 0 Å². The fraction of sp³-hybridized carbons (Fsp3) is 0.923. The van der Waals surface area contributed by atoms with Crippen molar-refractivity contribution in [1.29, 1.82) is 0 Å². The average Bonchev–Trinajstić information content (AvgIpc) is 2.80. The number of carbonyl (C=O) groups is 2. The number of hydrogen-bond donors (Lipinski definition) is 2. The van der Waals surface area contributed by atoms with Gasteiger partial charge in [0.25, 0.3) is 0 Å². The van der Waals surface area contributed by atoms with Gasteiger partial charge in [0, 0.05) is 13.0 Å². The largest absolute Gasteiger partial charge is 0.338 e. The number of urea groups is 1. The molecule has 0 aliphatic heterocycles. The third-order valence-electron chi connectivity index (χ3n) is 5.83. The molecule has 0 saturated carbocycles. The Labute approximate surface area is 209 Å². The molecule has 0 bridgehead atoms. The minimum atomic E-state index is -3.26. The molecule has 0 fully saturated rings. The summed E-state index contributed by atoms with van der Waals surface area (Å²) in [5, 5.41) is 4.98. The summed E-state index contributed by atoms with van der Waals surface area (Å²) in [6.45, 7) is 6.75. The molecule has 3 amide bonds. The van der Waals surface area contributed by atoms with Crippen LogP contribution in [0.1, 0.15) is 130 Å². The van der Waals surface area contributed by atoms with Crippen molar-refractivity contribution in [3.05, 3.63) is 0 Å². The predicted molar refractivity (Wildman–Crippen MR) is 141 cm³/mol. The molecular formula is C26H53N2O5P. The molecule has 2 N–H and O–H groups in total. The minimum absolute atomic E-state index is 0.0348. The van der Waals surface area contributed by atoms with Gasteiger partial charge in [-0.2, -0.15) is 0 Å². The number of amides is 3. The lowest BCUT2D eigenvalue weighted by Gasteiger charge is -2.16. The predicted octanol–water partition coefficient (Wildman–Crippen LogP) is 7.73. The van der Waals surface area contributed by atoms with E-state index in [4.69, 9.17) is 9.05 Å². The van der Waals surface area contributed by atoms with Crippen LogP contribution < -0.4 is 10.6 Å². The van der Waals surface area contributed by atoms with E-state index in [2.05, 4.69) is 17.6 Å². The Morgan fingerprint density at radius 3 is 1.47 bits per heavy atom. The maximum Gasteiger partial charge on any atom is 0.331 e. The average molecular weight is 505 g/mol. The zero-order valence-electron chi connectivity index (χ0n) is 22.3. The number of unbranched alkanes of at least 4 members (excludes halogenated alkanes) is 15. The van der Waals surface area contributed by atoms with Crippen molar-refractivity contribution < 1.29 is 23.2 Å². The van der Waals surface area contributed by atoms with E-state index in [9.17, 15) is 14.2 Å². The van der Waals surface area contributed by atoms with Gasteiger partial charge in [0.1, 0.15) is 0 Å². The second kappa shape index (κ2) is 23.8. The van der Waals surface area contributed by atoms with Crippen molar-refractivity contribution >= 4 is 19.5 Å². The standard InChI is InChI=1S/C26H53N2O5P/c1-4-7-8-9-10-11-12-13-14-15-16-17-18-19-20-21-23-27-26(30)28-25(29)22-24-34(31,32-5-2)33-6-3/h4-24H2,1-3H3,(H2,27,28,29,30). The number of imide groups is 1. The highest BCUT2D eigenvalue weighted by Crippen LogP contribution is 2.48. The summed E-state index contributed by atoms with van der Waals surface area (Å²) < 4.78 is 22.6. The fourth-order valence-electron chi connectivity index (χ4n) is 3.91. The zero-order chi connectivity index (χ0) is 25.3. The van der Waals surface area contributed by atoms with Gasteiger partial charge in [0.05, 0.1) is 19.4 Å². The molecule has 0 aromatic heterocycles. The lowest BCUT2D eigenvalue weighted by molar-refractivity contribution is -0.119. The van der Waals surface area contributed by atoms with Crippen molar-refractivity contribution in [1.82, 2.24) is 10.6 Å². The molecule has 0 heterocycles. The third-order valence-corrected chi connectivity index (χ3v) is 7.91. The summed E-state index contributed by atoms with van der Waals surface area (Å²) in [5.74, 6) is -0.482. The Balaban J connectivity index is 3.49. The van der Waals surface area contributed by atoms with Crippen LogP contribution in [-0.4, -0.2) is 37.9 Å². The molecule has 0 aromatic carbocycles. The third kappa shape index (κ3) is 21.6. The maximum atomic E-state index is 12.3. The Kier molecular flexibility index (Phi) is 23.2. The van der Waals surface area contributed by atoms with Crippen LogP contribution in [0.25, 0.3) is 0 Å². The Hall–Kier alpha value is -0.910. The van der Waals surface area contributed by atoms with E-state index < -0.39 is 19.5 Å². The van der Waals surface area contributed by atoms with Crippen molar-refractivity contribution in [3.8, 4) is 0 Å². The summed E-state index contributed by atoms with van der Waals surface area (Å²) in [7, 11) is -3.26. The van der Waals surface area contributed by atoms with Crippen LogP contribution in [-0.2, 0) is 18.4 Å². The van der Waals surface area contributed by atoms with Gasteiger partial charge in [-0.05, 0) is 20.3 Å². The quantitative estimate of drug-likeness (QED) is 0.104. The molecule has 8 heteroatoms. The van der Waals surface area contributed by atoms with Crippen molar-refractivity contribution in [2.75, 3.05) is 25.9 Å². The van der Waals surface area contributed by atoms with Gasteiger partial charge in [-0.25, -0.2) is 4.79 Å². The SMILES string of the molecule is CCCCCCCCCCCCCCCCCCNC(=O)NC(=O)CCP(=O)(OCC)OCC. The van der Waals surface area contributed by atoms with E-state index in [1.807, 2.05) is 0 Å². The zero-order valence-corrected chi connectivity index (χ0v) is 23.2. The first-order chi connectivity index (χ1) is 16.5. The number of carbonyl (C=O) groups excluding carboxylic acids is 2. The summed E-state index contributed by atoms with van der Waals surface area (Å²) >= 11 is 0. The van der Waals surface area contributed by atoms with E-state index in [1.54, 1.807) is 13.8 Å². The van der Waals surface area contributed by atoms with Crippen LogP contribution in [0, 0.1) is 0 Å². The molecule has 0 aliphatic carbocycles. The molecule has 202 valence electrons. The molecule has 0 saturated heterocycles. The summed E-state index contributed by atoms with van der Waals surface area (Å²) in [4.78, 5) is 23.7. The highest BCUT2D eigenvalue weighted by Gasteiger charge is 2.24. The highest BCUT2D eigenvalue weighted by atomic mass is 31.2. The van der Waals surface area contributed by atoms with Crippen molar-refractivity contribution in [3.63, 3.8) is 0 Å². The molecule has 0 radical (unpaired) electrons. The van der Waals surface area contributed by atoms with Crippen LogP contribution >= 0.6 is 7.60 Å². The second-order valence-corrected chi connectivity index (χ2v) is 11.2. The fourth-order valence-corrected chi connectivity index (χ4v) is 5.50. The summed E-state index contributed by atoms with van der Waals surface area (Å²) in [6, 6.07) is -0.506. The summed E-state index contributed by atoms with van der Waals surface area (Å²) in [6.07, 6.45) is 20.8. The van der Waals surface area contributed by atoms with Gasteiger partial charge in [0.15, 0.2) is 0 Å². The van der Waals surface area contributed by atoms with Gasteiger partial charge < -0.3 is 14.4 Å². The highest BCUT2D eigenvalue weighted by molar-refractivity contribution is 7.53. The smallest absolute Gasteiger partial charge is 0.331 e. The number of hydrogen-bond acceptors (Lipinski definition) is 5. The molecule has 34 heavy (non-hydrogen) atoms. The minimum Gasteiger partial charge on any atom is -0.338 e. The van der Waals surface area contributed by atoms with E-state index in [0.29, 0.717) is 6.54 Å².